The highest BCUT2D eigenvalue weighted by Gasteiger charge is 2.27. The third-order valence-electron chi connectivity index (χ3n) is 5.62. The maximum Gasteiger partial charge on any atom is 0.266 e. The number of para-hydroxylation sites is 1. The number of amides is 1. The van der Waals surface area contributed by atoms with Crippen LogP contribution in [-0.2, 0) is 4.79 Å². The van der Waals surface area contributed by atoms with Gasteiger partial charge in [0.05, 0.1) is 7.11 Å². The summed E-state index contributed by atoms with van der Waals surface area (Å²) in [5.74, 6) is 1.44. The predicted octanol–water partition coefficient (Wildman–Crippen LogP) is 4.60. The van der Waals surface area contributed by atoms with Crippen LogP contribution < -0.4 is 19.7 Å². The Morgan fingerprint density at radius 2 is 1.48 bits per heavy atom. The van der Waals surface area contributed by atoms with Crippen molar-refractivity contribution in [1.82, 2.24) is 5.32 Å². The number of rotatable bonds is 7. The fraction of sp³-hybridized carbons (Fsp3) is 0.269. The van der Waals surface area contributed by atoms with Crippen LogP contribution in [0.1, 0.15) is 24.5 Å². The van der Waals surface area contributed by atoms with Gasteiger partial charge in [-0.1, -0.05) is 48.5 Å². The predicted molar refractivity (Wildman–Crippen MR) is 123 cm³/mol. The summed E-state index contributed by atoms with van der Waals surface area (Å²) in [7, 11) is 1.67. The number of hydrogen-bond donors (Lipinski definition) is 1. The highest BCUT2D eigenvalue weighted by Crippen LogP contribution is 2.25. The fourth-order valence-electron chi connectivity index (χ4n) is 3.89. The summed E-state index contributed by atoms with van der Waals surface area (Å²) in [4.78, 5) is 15.5. The molecule has 0 bridgehead atoms. The monoisotopic (exact) mass is 416 g/mol. The molecule has 1 N–H and O–H groups in total. The Labute approximate surface area is 183 Å². The topological polar surface area (TPSA) is 50.8 Å². The van der Waals surface area contributed by atoms with Crippen LogP contribution in [0.25, 0.3) is 0 Å². The molecule has 31 heavy (non-hydrogen) atoms. The second-order valence-electron chi connectivity index (χ2n) is 7.69. The van der Waals surface area contributed by atoms with Gasteiger partial charge in [0.1, 0.15) is 11.5 Å². The molecule has 160 valence electrons. The number of carbonyl (C=O) groups excluding carboxylic acids is 1. The van der Waals surface area contributed by atoms with Crippen LogP contribution in [-0.4, -0.2) is 32.1 Å². The Morgan fingerprint density at radius 1 is 0.871 bits per heavy atom. The highest BCUT2D eigenvalue weighted by atomic mass is 16.5. The van der Waals surface area contributed by atoms with E-state index in [0.29, 0.717) is 5.75 Å². The van der Waals surface area contributed by atoms with E-state index in [-0.39, 0.29) is 11.9 Å². The van der Waals surface area contributed by atoms with Crippen molar-refractivity contribution >= 4 is 11.6 Å². The average Bonchev–Trinajstić information content (AvgIpc) is 2.84. The molecule has 1 aliphatic heterocycles. The van der Waals surface area contributed by atoms with E-state index in [2.05, 4.69) is 22.3 Å². The molecule has 0 aliphatic carbocycles. The van der Waals surface area contributed by atoms with Gasteiger partial charge in [-0.15, -0.1) is 0 Å². The maximum absolute atomic E-state index is 13.2. The summed E-state index contributed by atoms with van der Waals surface area (Å²) in [6.45, 7) is 1.79. The van der Waals surface area contributed by atoms with E-state index in [4.69, 9.17) is 9.47 Å². The number of piperidine rings is 1. The lowest BCUT2D eigenvalue weighted by atomic mass is 10.0. The Hall–Kier alpha value is -3.47. The summed E-state index contributed by atoms with van der Waals surface area (Å²) in [5, 5.41) is 3.22. The second-order valence-corrected chi connectivity index (χ2v) is 7.69. The first-order valence-corrected chi connectivity index (χ1v) is 10.7. The van der Waals surface area contributed by atoms with Crippen LogP contribution in [0.2, 0.25) is 0 Å². The van der Waals surface area contributed by atoms with Crippen molar-refractivity contribution in [2.75, 3.05) is 25.1 Å². The first-order valence-electron chi connectivity index (χ1n) is 10.7. The molecule has 1 amide bonds. The second kappa shape index (κ2) is 10.0. The molecule has 0 spiro atoms. The first kappa shape index (κ1) is 20.8. The normalized spacial score (nSPS) is 15.2. The molecule has 0 aromatic heterocycles. The van der Waals surface area contributed by atoms with Crippen LogP contribution in [0.4, 0.5) is 5.69 Å². The minimum Gasteiger partial charge on any atom is -0.497 e. The number of hydrogen-bond acceptors (Lipinski definition) is 4. The smallest absolute Gasteiger partial charge is 0.266 e. The van der Waals surface area contributed by atoms with Crippen molar-refractivity contribution < 1.29 is 14.3 Å². The van der Waals surface area contributed by atoms with Crippen LogP contribution in [0.15, 0.2) is 84.9 Å². The zero-order valence-corrected chi connectivity index (χ0v) is 17.7. The van der Waals surface area contributed by atoms with Gasteiger partial charge in [-0.3, -0.25) is 4.79 Å². The Balaban J connectivity index is 1.38. The zero-order valence-electron chi connectivity index (χ0n) is 17.7. The van der Waals surface area contributed by atoms with Gasteiger partial charge in [-0.05, 0) is 49.2 Å². The molecule has 1 heterocycles. The third-order valence-corrected chi connectivity index (χ3v) is 5.62. The van der Waals surface area contributed by atoms with Gasteiger partial charge >= 0.3 is 0 Å². The molecule has 0 saturated carbocycles. The molecule has 1 unspecified atom stereocenters. The lowest BCUT2D eigenvalue weighted by molar-refractivity contribution is -0.129. The van der Waals surface area contributed by atoms with Gasteiger partial charge < -0.3 is 19.7 Å². The number of benzene rings is 3. The van der Waals surface area contributed by atoms with E-state index >= 15 is 0 Å². The number of nitrogens with zero attached hydrogens (tertiary/aromatic N) is 1. The third kappa shape index (κ3) is 5.37. The molecule has 1 aliphatic rings. The molecule has 1 saturated heterocycles. The summed E-state index contributed by atoms with van der Waals surface area (Å²) in [5.41, 5.74) is 2.03. The summed E-state index contributed by atoms with van der Waals surface area (Å²) in [6.07, 6.45) is 1.11. The van der Waals surface area contributed by atoms with Crippen LogP contribution in [0.3, 0.4) is 0 Å². The SMILES string of the molecule is COc1ccc(N2CCC(NC(=O)C(Oc3ccccc3)c3ccccc3)CC2)cc1. The van der Waals surface area contributed by atoms with Crippen LogP contribution in [0.5, 0.6) is 11.5 Å². The van der Waals surface area contributed by atoms with Gasteiger partial charge in [0.2, 0.25) is 6.10 Å². The van der Waals surface area contributed by atoms with Crippen molar-refractivity contribution in [1.29, 1.82) is 0 Å². The molecule has 1 atom stereocenters. The summed E-state index contributed by atoms with van der Waals surface area (Å²) >= 11 is 0. The van der Waals surface area contributed by atoms with Crippen molar-refractivity contribution in [3.63, 3.8) is 0 Å². The Morgan fingerprint density at radius 3 is 2.10 bits per heavy atom. The molecule has 0 radical (unpaired) electrons. The zero-order chi connectivity index (χ0) is 21.5. The average molecular weight is 417 g/mol. The van der Waals surface area contributed by atoms with Crippen molar-refractivity contribution in [3.8, 4) is 11.5 Å². The maximum atomic E-state index is 13.2. The molecule has 5 heteroatoms. The molecule has 3 aromatic carbocycles. The molecule has 3 aromatic rings. The number of anilines is 1. The molecular formula is C26H28N2O3. The largest absolute Gasteiger partial charge is 0.497 e. The minimum atomic E-state index is -0.678. The van der Waals surface area contributed by atoms with Gasteiger partial charge in [0.15, 0.2) is 0 Å². The van der Waals surface area contributed by atoms with Crippen LogP contribution in [0, 0.1) is 0 Å². The van der Waals surface area contributed by atoms with Crippen molar-refractivity contribution in [3.05, 3.63) is 90.5 Å². The van der Waals surface area contributed by atoms with Crippen molar-refractivity contribution in [2.45, 2.75) is 25.0 Å². The van der Waals surface area contributed by atoms with E-state index in [1.165, 1.54) is 5.69 Å². The molecule has 5 nitrogen and oxygen atoms in total. The summed E-state index contributed by atoms with van der Waals surface area (Å²) in [6, 6.07) is 27.4. The Kier molecular flexibility index (Phi) is 6.72. The van der Waals surface area contributed by atoms with Gasteiger partial charge in [0, 0.05) is 30.4 Å². The first-order chi connectivity index (χ1) is 15.2. The van der Waals surface area contributed by atoms with E-state index in [9.17, 15) is 4.79 Å². The number of ether oxygens (including phenoxy) is 2. The van der Waals surface area contributed by atoms with Crippen molar-refractivity contribution in [2.24, 2.45) is 0 Å². The number of carbonyl (C=O) groups is 1. The lowest BCUT2D eigenvalue weighted by Gasteiger charge is -2.34. The van der Waals surface area contributed by atoms with E-state index < -0.39 is 6.10 Å². The van der Waals surface area contributed by atoms with E-state index in [0.717, 1.165) is 37.2 Å². The van der Waals surface area contributed by atoms with E-state index in [1.807, 2.05) is 72.8 Å². The Bertz CT molecular complexity index is 953. The quantitative estimate of drug-likeness (QED) is 0.612. The van der Waals surface area contributed by atoms with Gasteiger partial charge in [-0.25, -0.2) is 0 Å². The standard InChI is InChI=1S/C26H28N2O3/c1-30-23-14-12-22(13-15-23)28-18-16-21(17-19-28)27-26(29)25(20-8-4-2-5-9-20)31-24-10-6-3-7-11-24/h2-15,21,25H,16-19H2,1H3,(H,27,29). The lowest BCUT2D eigenvalue weighted by Crippen LogP contribution is -2.46. The molecular weight excluding hydrogens is 388 g/mol. The van der Waals surface area contributed by atoms with Gasteiger partial charge in [0.25, 0.3) is 5.91 Å². The number of methoxy groups -OCH3 is 1. The fourth-order valence-corrected chi connectivity index (χ4v) is 3.89. The highest BCUT2D eigenvalue weighted by molar-refractivity contribution is 5.83. The van der Waals surface area contributed by atoms with Gasteiger partial charge in [-0.2, -0.15) is 0 Å². The molecule has 1 fully saturated rings. The van der Waals surface area contributed by atoms with E-state index in [1.54, 1.807) is 7.11 Å². The molecule has 4 rings (SSSR count). The minimum absolute atomic E-state index is 0.0991. The summed E-state index contributed by atoms with van der Waals surface area (Å²) < 4.78 is 11.3. The van der Waals surface area contributed by atoms with Crippen LogP contribution >= 0.6 is 0 Å². The number of nitrogens with one attached hydrogen (secondary N) is 1.